The van der Waals surface area contributed by atoms with E-state index >= 15 is 0 Å². The van der Waals surface area contributed by atoms with Crippen molar-refractivity contribution in [2.75, 3.05) is 0 Å². The van der Waals surface area contributed by atoms with Crippen molar-refractivity contribution in [2.24, 2.45) is 0 Å². The highest BCUT2D eigenvalue weighted by molar-refractivity contribution is 6.31. The standard InChI is InChI=1S/C13H13Cl2N3O2/c1-2-12(14)10-6-16-17(8-10)7-9-3-4-11(18(19)20)5-13(9)15/h3-6,8,12H,2,7H2,1H3. The zero-order valence-electron chi connectivity index (χ0n) is 10.8. The molecular weight excluding hydrogens is 301 g/mol. The molecule has 0 saturated carbocycles. The normalized spacial score (nSPS) is 12.3. The van der Waals surface area contributed by atoms with E-state index in [9.17, 15) is 10.1 Å². The lowest BCUT2D eigenvalue weighted by Crippen LogP contribution is -2.01. The number of rotatable bonds is 5. The van der Waals surface area contributed by atoms with Gasteiger partial charge in [0.1, 0.15) is 0 Å². The largest absolute Gasteiger partial charge is 0.270 e. The number of benzene rings is 1. The van der Waals surface area contributed by atoms with Crippen LogP contribution in [0.15, 0.2) is 30.6 Å². The van der Waals surface area contributed by atoms with Crippen molar-refractivity contribution in [3.8, 4) is 0 Å². The van der Waals surface area contributed by atoms with Crippen LogP contribution in [-0.4, -0.2) is 14.7 Å². The maximum Gasteiger partial charge on any atom is 0.270 e. The van der Waals surface area contributed by atoms with Crippen molar-refractivity contribution in [2.45, 2.75) is 25.3 Å². The van der Waals surface area contributed by atoms with Gasteiger partial charge in [0, 0.05) is 23.9 Å². The maximum atomic E-state index is 10.6. The van der Waals surface area contributed by atoms with Gasteiger partial charge in [0.05, 0.1) is 28.1 Å². The first-order valence-corrected chi connectivity index (χ1v) is 6.92. The summed E-state index contributed by atoms with van der Waals surface area (Å²) in [5.41, 5.74) is 1.70. The van der Waals surface area contributed by atoms with E-state index in [-0.39, 0.29) is 11.1 Å². The van der Waals surface area contributed by atoms with E-state index in [1.807, 2.05) is 13.1 Å². The molecule has 0 spiro atoms. The number of non-ortho nitro benzene ring substituents is 1. The van der Waals surface area contributed by atoms with E-state index in [0.29, 0.717) is 11.6 Å². The van der Waals surface area contributed by atoms with Gasteiger partial charge >= 0.3 is 0 Å². The Hall–Kier alpha value is -1.59. The highest BCUT2D eigenvalue weighted by atomic mass is 35.5. The average molecular weight is 314 g/mol. The molecule has 0 aliphatic heterocycles. The molecule has 2 rings (SSSR count). The van der Waals surface area contributed by atoms with Gasteiger partial charge in [-0.25, -0.2) is 0 Å². The molecule has 2 aromatic rings. The van der Waals surface area contributed by atoms with Gasteiger partial charge in [-0.05, 0) is 18.1 Å². The quantitative estimate of drug-likeness (QED) is 0.472. The van der Waals surface area contributed by atoms with Crippen molar-refractivity contribution in [3.05, 3.63) is 56.9 Å². The molecule has 0 fully saturated rings. The molecular formula is C13H13Cl2N3O2. The molecule has 0 radical (unpaired) electrons. The zero-order valence-corrected chi connectivity index (χ0v) is 12.3. The van der Waals surface area contributed by atoms with Crippen molar-refractivity contribution in [1.29, 1.82) is 0 Å². The smallest absolute Gasteiger partial charge is 0.268 e. The predicted octanol–water partition coefficient (Wildman–Crippen LogP) is 4.18. The van der Waals surface area contributed by atoms with Crippen molar-refractivity contribution in [1.82, 2.24) is 9.78 Å². The van der Waals surface area contributed by atoms with Crippen molar-refractivity contribution < 1.29 is 4.92 Å². The van der Waals surface area contributed by atoms with Crippen LogP contribution >= 0.6 is 23.2 Å². The number of alkyl halides is 1. The molecule has 5 nitrogen and oxygen atoms in total. The van der Waals surface area contributed by atoms with Gasteiger partial charge in [-0.1, -0.05) is 18.5 Å². The molecule has 0 aliphatic carbocycles. The lowest BCUT2D eigenvalue weighted by atomic mass is 10.2. The molecule has 106 valence electrons. The summed E-state index contributed by atoms with van der Waals surface area (Å²) in [6, 6.07) is 4.42. The number of nitro benzene ring substituents is 1. The first-order valence-electron chi connectivity index (χ1n) is 6.10. The third-order valence-electron chi connectivity index (χ3n) is 2.95. The lowest BCUT2D eigenvalue weighted by Gasteiger charge is -2.05. The van der Waals surface area contributed by atoms with Crippen LogP contribution in [0.25, 0.3) is 0 Å². The SMILES string of the molecule is CCC(Cl)c1cnn(Cc2ccc([N+](=O)[O-])cc2Cl)c1. The molecule has 1 aromatic heterocycles. The van der Waals surface area contributed by atoms with E-state index < -0.39 is 4.92 Å². The highest BCUT2D eigenvalue weighted by Crippen LogP contribution is 2.25. The first kappa shape index (κ1) is 14.8. The van der Waals surface area contributed by atoms with Crippen LogP contribution in [0.1, 0.15) is 29.8 Å². The fourth-order valence-corrected chi connectivity index (χ4v) is 2.16. The summed E-state index contributed by atoms with van der Waals surface area (Å²) in [7, 11) is 0. The maximum absolute atomic E-state index is 10.6. The lowest BCUT2D eigenvalue weighted by molar-refractivity contribution is -0.384. The van der Waals surface area contributed by atoms with Gasteiger partial charge in [-0.3, -0.25) is 14.8 Å². The molecule has 0 amide bonds. The van der Waals surface area contributed by atoms with E-state index in [2.05, 4.69) is 5.10 Å². The van der Waals surface area contributed by atoms with Crippen LogP contribution in [0, 0.1) is 10.1 Å². The summed E-state index contributed by atoms with van der Waals surface area (Å²) in [5.74, 6) is 0. The average Bonchev–Trinajstić information content (AvgIpc) is 2.88. The Kier molecular flexibility index (Phi) is 4.62. The Morgan fingerprint density at radius 1 is 1.50 bits per heavy atom. The molecule has 1 unspecified atom stereocenters. The number of hydrogen-bond acceptors (Lipinski definition) is 3. The Balaban J connectivity index is 2.18. The van der Waals surface area contributed by atoms with Crippen LogP contribution < -0.4 is 0 Å². The number of nitro groups is 1. The zero-order chi connectivity index (χ0) is 14.7. The Bertz CT molecular complexity index is 628. The fourth-order valence-electron chi connectivity index (χ4n) is 1.82. The topological polar surface area (TPSA) is 61.0 Å². The number of nitrogens with zero attached hydrogens (tertiary/aromatic N) is 3. The molecule has 20 heavy (non-hydrogen) atoms. The first-order chi connectivity index (χ1) is 9.51. The second-order valence-electron chi connectivity index (χ2n) is 4.38. The fraction of sp³-hybridized carbons (Fsp3) is 0.308. The molecule has 1 atom stereocenters. The molecule has 7 heteroatoms. The molecule has 0 aliphatic rings. The minimum atomic E-state index is -0.471. The minimum absolute atomic E-state index is 0.0216. The summed E-state index contributed by atoms with van der Waals surface area (Å²) >= 11 is 12.2. The Labute approximate surface area is 126 Å². The van der Waals surface area contributed by atoms with Crippen LogP contribution in [0.3, 0.4) is 0 Å². The summed E-state index contributed by atoms with van der Waals surface area (Å²) in [5, 5.41) is 15.2. The third kappa shape index (κ3) is 3.29. The second-order valence-corrected chi connectivity index (χ2v) is 5.31. The van der Waals surface area contributed by atoms with Crippen LogP contribution in [0.4, 0.5) is 5.69 Å². The Morgan fingerprint density at radius 3 is 2.85 bits per heavy atom. The third-order valence-corrected chi connectivity index (χ3v) is 3.87. The summed E-state index contributed by atoms with van der Waals surface area (Å²) in [6.45, 7) is 2.45. The molecule has 0 bridgehead atoms. The second kappa shape index (κ2) is 6.24. The van der Waals surface area contributed by atoms with E-state index in [0.717, 1.165) is 17.5 Å². The molecule has 0 N–H and O–H groups in total. The van der Waals surface area contributed by atoms with Crippen LogP contribution in [-0.2, 0) is 6.54 Å². The van der Waals surface area contributed by atoms with Gasteiger partial charge in [-0.15, -0.1) is 11.6 Å². The van der Waals surface area contributed by atoms with Crippen molar-refractivity contribution in [3.63, 3.8) is 0 Å². The number of hydrogen-bond donors (Lipinski definition) is 0. The van der Waals surface area contributed by atoms with Gasteiger partial charge in [0.2, 0.25) is 0 Å². The van der Waals surface area contributed by atoms with Gasteiger partial charge in [0.25, 0.3) is 5.69 Å². The summed E-state index contributed by atoms with van der Waals surface area (Å²) < 4.78 is 1.72. The van der Waals surface area contributed by atoms with Gasteiger partial charge in [-0.2, -0.15) is 5.10 Å². The number of halogens is 2. The molecule has 0 saturated heterocycles. The van der Waals surface area contributed by atoms with Gasteiger partial charge in [0.15, 0.2) is 0 Å². The monoisotopic (exact) mass is 313 g/mol. The molecule has 1 aromatic carbocycles. The minimum Gasteiger partial charge on any atom is -0.268 e. The predicted molar refractivity (Wildman–Crippen MR) is 78.3 cm³/mol. The van der Waals surface area contributed by atoms with E-state index in [4.69, 9.17) is 23.2 Å². The highest BCUT2D eigenvalue weighted by Gasteiger charge is 2.12. The number of aromatic nitrogens is 2. The van der Waals surface area contributed by atoms with E-state index in [1.54, 1.807) is 16.9 Å². The van der Waals surface area contributed by atoms with Crippen LogP contribution in [0.2, 0.25) is 5.02 Å². The van der Waals surface area contributed by atoms with Crippen molar-refractivity contribution >= 4 is 28.9 Å². The summed E-state index contributed by atoms with van der Waals surface area (Å²) in [6.07, 6.45) is 4.41. The van der Waals surface area contributed by atoms with Gasteiger partial charge < -0.3 is 0 Å². The Morgan fingerprint density at radius 2 is 2.25 bits per heavy atom. The molecule has 1 heterocycles. The van der Waals surface area contributed by atoms with Crippen LogP contribution in [0.5, 0.6) is 0 Å². The summed E-state index contributed by atoms with van der Waals surface area (Å²) in [4.78, 5) is 10.2. The van der Waals surface area contributed by atoms with E-state index in [1.165, 1.54) is 12.1 Å².